The van der Waals surface area contributed by atoms with Gasteiger partial charge in [0.15, 0.2) is 11.9 Å². The monoisotopic (exact) mass is 564 g/mol. The number of nitrogen functional groups attached to an aromatic ring is 1. The van der Waals surface area contributed by atoms with Crippen LogP contribution in [-0.4, -0.2) is 59.5 Å². The first-order valence-corrected chi connectivity index (χ1v) is 13.5. The number of aromatic amines is 1. The second-order valence-corrected chi connectivity index (χ2v) is 11.0. The first-order chi connectivity index (χ1) is 19.6. The maximum Gasteiger partial charge on any atom is 0.425 e. The summed E-state index contributed by atoms with van der Waals surface area (Å²) in [5.41, 5.74) is 15.9. The summed E-state index contributed by atoms with van der Waals surface area (Å²) >= 11 is 0. The van der Waals surface area contributed by atoms with Crippen LogP contribution in [-0.2, 0) is 6.54 Å². The van der Waals surface area contributed by atoms with Crippen molar-refractivity contribution in [3.05, 3.63) is 71.8 Å². The third-order valence-electron chi connectivity index (χ3n) is 8.17. The summed E-state index contributed by atoms with van der Waals surface area (Å²) in [5.74, 6) is 0.399. The highest BCUT2D eigenvalue weighted by atomic mass is 19.4. The van der Waals surface area contributed by atoms with Crippen molar-refractivity contribution in [2.24, 2.45) is 17.6 Å². The van der Waals surface area contributed by atoms with Crippen molar-refractivity contribution in [1.82, 2.24) is 15.1 Å². The second-order valence-electron chi connectivity index (χ2n) is 11.0. The van der Waals surface area contributed by atoms with Gasteiger partial charge in [-0.2, -0.15) is 18.3 Å². The van der Waals surface area contributed by atoms with Crippen LogP contribution in [0.2, 0.25) is 0 Å². The van der Waals surface area contributed by atoms with Crippen LogP contribution >= 0.6 is 0 Å². The van der Waals surface area contributed by atoms with Gasteiger partial charge in [0.1, 0.15) is 5.75 Å². The summed E-state index contributed by atoms with van der Waals surface area (Å²) in [6.07, 6.45) is -6.60. The number of halogens is 3. The average molecular weight is 565 g/mol. The summed E-state index contributed by atoms with van der Waals surface area (Å²) in [6, 6.07) is 19.0. The van der Waals surface area contributed by atoms with Crippen LogP contribution in [0.4, 0.5) is 24.7 Å². The number of aromatic nitrogens is 2. The van der Waals surface area contributed by atoms with Gasteiger partial charge in [0.2, 0.25) is 0 Å². The van der Waals surface area contributed by atoms with E-state index < -0.39 is 18.2 Å². The topological polar surface area (TPSA) is 114 Å². The van der Waals surface area contributed by atoms with Gasteiger partial charge in [-0.1, -0.05) is 36.4 Å². The molecule has 41 heavy (non-hydrogen) atoms. The molecule has 8 nitrogen and oxygen atoms in total. The van der Waals surface area contributed by atoms with Crippen LogP contribution in [0.1, 0.15) is 22.8 Å². The molecule has 2 aliphatic heterocycles. The zero-order chi connectivity index (χ0) is 28.9. The van der Waals surface area contributed by atoms with Gasteiger partial charge in [-0.25, -0.2) is 0 Å². The Morgan fingerprint density at radius 1 is 1.05 bits per heavy atom. The first kappa shape index (κ1) is 26.9. The number of hydrogen-bond acceptors (Lipinski definition) is 6. The molecule has 0 bridgehead atoms. The average Bonchev–Trinajstić information content (AvgIpc) is 3.61. The number of amides is 1. The quantitative estimate of drug-likeness (QED) is 0.297. The van der Waals surface area contributed by atoms with E-state index in [0.717, 1.165) is 39.6 Å². The summed E-state index contributed by atoms with van der Waals surface area (Å²) in [6.45, 7) is 5.36. The van der Waals surface area contributed by atoms with Crippen molar-refractivity contribution in [1.29, 1.82) is 0 Å². The molecule has 3 unspecified atom stereocenters. The molecule has 2 aliphatic rings. The molecule has 0 spiro atoms. The minimum Gasteiger partial charge on any atom is -0.480 e. The normalized spacial score (nSPS) is 20.0. The molecule has 6 rings (SSSR count). The fourth-order valence-corrected chi connectivity index (χ4v) is 6.10. The number of rotatable bonds is 7. The lowest BCUT2D eigenvalue weighted by molar-refractivity contribution is -0.188. The number of hydrogen-bond donors (Lipinski definition) is 3. The zero-order valence-corrected chi connectivity index (χ0v) is 22.5. The molecule has 1 aromatic heterocycles. The van der Waals surface area contributed by atoms with Gasteiger partial charge in [-0.15, -0.1) is 0 Å². The van der Waals surface area contributed by atoms with E-state index in [1.165, 1.54) is 11.6 Å². The molecule has 214 valence electrons. The van der Waals surface area contributed by atoms with E-state index in [1.807, 2.05) is 12.1 Å². The summed E-state index contributed by atoms with van der Waals surface area (Å²) < 4.78 is 45.3. The minimum atomic E-state index is -4.55. The Hall–Kier alpha value is -4.25. The number of fused-ring (bicyclic) bond motifs is 2. The Kier molecular flexibility index (Phi) is 6.77. The number of anilines is 2. The van der Waals surface area contributed by atoms with Gasteiger partial charge >= 0.3 is 6.18 Å². The molecule has 0 aliphatic carbocycles. The van der Waals surface area contributed by atoms with E-state index in [0.29, 0.717) is 39.7 Å². The maximum atomic E-state index is 13.3. The van der Waals surface area contributed by atoms with Crippen molar-refractivity contribution < 1.29 is 22.7 Å². The van der Waals surface area contributed by atoms with Gasteiger partial charge < -0.3 is 21.1 Å². The van der Waals surface area contributed by atoms with Gasteiger partial charge in [0.05, 0.1) is 22.2 Å². The number of nitrogens with one attached hydrogen (secondary N) is 1. The number of primary amides is 1. The summed E-state index contributed by atoms with van der Waals surface area (Å²) in [7, 11) is 0. The SMILES string of the molecule is CC(Oc1cc(-c2ccc(C(N)=O)c(N3CC4CN(Cc5ccccc5)CC4C3)c2)cc2[nH]nc(N)c12)C(F)(F)F. The first-order valence-electron chi connectivity index (χ1n) is 13.5. The molecule has 11 heteroatoms. The van der Waals surface area contributed by atoms with Crippen molar-refractivity contribution in [2.75, 3.05) is 36.8 Å². The molecule has 0 saturated carbocycles. The Morgan fingerprint density at radius 3 is 2.41 bits per heavy atom. The number of nitrogens with zero attached hydrogens (tertiary/aromatic N) is 3. The number of nitrogens with two attached hydrogens (primary N) is 2. The number of H-pyrrole nitrogens is 1. The minimum absolute atomic E-state index is 0.0247. The zero-order valence-electron chi connectivity index (χ0n) is 22.5. The van der Waals surface area contributed by atoms with E-state index in [-0.39, 0.29) is 17.0 Å². The molecule has 1 amide bonds. The van der Waals surface area contributed by atoms with Crippen molar-refractivity contribution in [2.45, 2.75) is 25.7 Å². The van der Waals surface area contributed by atoms with Crippen LogP contribution in [0.15, 0.2) is 60.7 Å². The molecule has 3 atom stereocenters. The van der Waals surface area contributed by atoms with Gasteiger partial charge in [0.25, 0.3) is 5.91 Å². The molecule has 3 aromatic carbocycles. The third-order valence-corrected chi connectivity index (χ3v) is 8.17. The van der Waals surface area contributed by atoms with E-state index in [9.17, 15) is 18.0 Å². The van der Waals surface area contributed by atoms with Crippen LogP contribution in [0, 0.1) is 11.8 Å². The predicted octanol–water partition coefficient (Wildman–Crippen LogP) is 4.81. The number of ether oxygens (including phenoxy) is 1. The standard InChI is InChI=1S/C30H31F3N6O2/c1-17(30(31,32)33)41-26-11-20(9-24-27(26)28(34)37-36-24)19-7-8-23(29(35)40)25(10-19)39-15-21-13-38(14-22(21)16-39)12-18-5-3-2-4-6-18/h2-11,17,21-22H,12-16H2,1H3,(H2,35,40)(H3,34,36,37). The molecule has 2 fully saturated rings. The molecule has 4 aromatic rings. The second kappa shape index (κ2) is 10.3. The summed E-state index contributed by atoms with van der Waals surface area (Å²) in [4.78, 5) is 17.1. The lowest BCUT2D eigenvalue weighted by Gasteiger charge is -2.25. The molecule has 2 saturated heterocycles. The number of likely N-dealkylation sites (tertiary alicyclic amines) is 1. The predicted molar refractivity (Wildman–Crippen MR) is 152 cm³/mol. The van der Waals surface area contributed by atoms with E-state index in [1.54, 1.807) is 18.2 Å². The molecule has 5 N–H and O–H groups in total. The highest BCUT2D eigenvalue weighted by molar-refractivity contribution is 6.01. The smallest absolute Gasteiger partial charge is 0.425 e. The van der Waals surface area contributed by atoms with Crippen molar-refractivity contribution in [3.63, 3.8) is 0 Å². The number of alkyl halides is 3. The highest BCUT2D eigenvalue weighted by Gasteiger charge is 2.41. The lowest BCUT2D eigenvalue weighted by Crippen LogP contribution is -2.31. The fourth-order valence-electron chi connectivity index (χ4n) is 6.10. The Bertz CT molecular complexity index is 1570. The van der Waals surface area contributed by atoms with Crippen molar-refractivity contribution in [3.8, 4) is 16.9 Å². The van der Waals surface area contributed by atoms with E-state index in [4.69, 9.17) is 16.2 Å². The van der Waals surface area contributed by atoms with E-state index in [2.05, 4.69) is 44.3 Å². The maximum absolute atomic E-state index is 13.3. The van der Waals surface area contributed by atoms with Gasteiger partial charge in [-0.3, -0.25) is 14.8 Å². The molecule has 0 radical (unpaired) electrons. The Balaban J connectivity index is 1.29. The van der Waals surface area contributed by atoms with E-state index >= 15 is 0 Å². The van der Waals surface area contributed by atoms with Crippen LogP contribution in [0.3, 0.4) is 0 Å². The third kappa shape index (κ3) is 5.29. The van der Waals surface area contributed by atoms with Gasteiger partial charge in [-0.05, 0) is 59.7 Å². The number of benzene rings is 3. The number of carbonyl (C=O) groups excluding carboxylic acids is 1. The summed E-state index contributed by atoms with van der Waals surface area (Å²) in [5, 5.41) is 7.02. The van der Waals surface area contributed by atoms with Crippen LogP contribution in [0.25, 0.3) is 22.0 Å². The van der Waals surface area contributed by atoms with Gasteiger partial charge in [0, 0.05) is 32.7 Å². The van der Waals surface area contributed by atoms with Crippen molar-refractivity contribution >= 4 is 28.3 Å². The molecular formula is C30H31F3N6O2. The lowest BCUT2D eigenvalue weighted by atomic mass is 9.99. The fraction of sp³-hybridized carbons (Fsp3) is 0.333. The highest BCUT2D eigenvalue weighted by Crippen LogP contribution is 2.40. The molecular weight excluding hydrogens is 533 g/mol. The molecule has 3 heterocycles. The Labute approximate surface area is 235 Å². The van der Waals surface area contributed by atoms with Crippen LogP contribution in [0.5, 0.6) is 5.75 Å². The Morgan fingerprint density at radius 2 is 1.76 bits per heavy atom. The van der Waals surface area contributed by atoms with Crippen LogP contribution < -0.4 is 21.1 Å². The largest absolute Gasteiger partial charge is 0.480 e. The number of carbonyl (C=O) groups is 1.